The van der Waals surface area contributed by atoms with Gasteiger partial charge in [0.15, 0.2) is 0 Å². The van der Waals surface area contributed by atoms with E-state index in [1.54, 1.807) is 5.48 Å². The van der Waals surface area contributed by atoms with Crippen LogP contribution in [0.15, 0.2) is 48.7 Å². The predicted octanol–water partition coefficient (Wildman–Crippen LogP) is 2.47. The van der Waals surface area contributed by atoms with E-state index in [1.165, 1.54) is 6.07 Å². The van der Waals surface area contributed by atoms with Crippen molar-refractivity contribution in [2.45, 2.75) is 12.2 Å². The fourth-order valence-corrected chi connectivity index (χ4v) is 3.17. The molecule has 1 aliphatic heterocycles. The highest BCUT2D eigenvalue weighted by atomic mass is 19.4. The molecule has 9 heteroatoms. The fourth-order valence-electron chi connectivity index (χ4n) is 3.17. The van der Waals surface area contributed by atoms with Crippen LogP contribution in [0.5, 0.6) is 0 Å². The summed E-state index contributed by atoms with van der Waals surface area (Å²) in [6, 6.07) is 10.8. The number of hydroxylamine groups is 1. The van der Waals surface area contributed by atoms with Crippen molar-refractivity contribution in [2.75, 3.05) is 31.1 Å². The van der Waals surface area contributed by atoms with E-state index >= 15 is 0 Å². The number of amides is 1. The molecule has 1 atom stereocenters. The number of anilines is 1. The molecule has 1 aromatic carbocycles. The molecule has 0 saturated carbocycles. The van der Waals surface area contributed by atoms with E-state index in [-0.39, 0.29) is 0 Å². The van der Waals surface area contributed by atoms with Crippen molar-refractivity contribution in [1.82, 2.24) is 15.4 Å². The van der Waals surface area contributed by atoms with Gasteiger partial charge in [-0.15, -0.1) is 0 Å². The molecule has 1 unspecified atom stereocenters. The lowest BCUT2D eigenvalue weighted by molar-refractivity contribution is -0.138. The topological polar surface area (TPSA) is 68.7 Å². The molecule has 6 nitrogen and oxygen atoms in total. The van der Waals surface area contributed by atoms with Crippen LogP contribution in [0.4, 0.5) is 19.0 Å². The van der Waals surface area contributed by atoms with Gasteiger partial charge in [-0.1, -0.05) is 30.3 Å². The van der Waals surface area contributed by atoms with Crippen molar-refractivity contribution < 1.29 is 23.2 Å². The minimum absolute atomic E-state index is 0.463. The standard InChI is InChI=1S/C18H19F3N4O2/c19-18(20,21)14-6-7-15(22-12-14)24-8-10-25(11-9-24)16(17(26)23-27)13-4-2-1-3-5-13/h1-7,12,16,27H,8-11H2,(H,23,26). The Morgan fingerprint density at radius 1 is 1.07 bits per heavy atom. The normalized spacial score (nSPS) is 16.8. The molecule has 27 heavy (non-hydrogen) atoms. The minimum Gasteiger partial charge on any atom is -0.354 e. The van der Waals surface area contributed by atoms with Gasteiger partial charge < -0.3 is 4.90 Å². The number of halogens is 3. The van der Waals surface area contributed by atoms with Gasteiger partial charge in [0, 0.05) is 32.4 Å². The second kappa shape index (κ2) is 7.93. The van der Waals surface area contributed by atoms with Crippen LogP contribution in [0.25, 0.3) is 0 Å². The van der Waals surface area contributed by atoms with Gasteiger partial charge in [0.05, 0.1) is 5.56 Å². The summed E-state index contributed by atoms with van der Waals surface area (Å²) < 4.78 is 38.0. The predicted molar refractivity (Wildman–Crippen MR) is 92.1 cm³/mol. The summed E-state index contributed by atoms with van der Waals surface area (Å²) in [6.45, 7) is 1.99. The summed E-state index contributed by atoms with van der Waals surface area (Å²) >= 11 is 0. The zero-order valence-corrected chi connectivity index (χ0v) is 14.4. The van der Waals surface area contributed by atoms with Gasteiger partial charge in [-0.2, -0.15) is 13.2 Å². The van der Waals surface area contributed by atoms with Gasteiger partial charge in [0.25, 0.3) is 5.91 Å². The van der Waals surface area contributed by atoms with Crippen LogP contribution in [0.3, 0.4) is 0 Å². The van der Waals surface area contributed by atoms with E-state index < -0.39 is 23.7 Å². The summed E-state index contributed by atoms with van der Waals surface area (Å²) in [5.41, 5.74) is 1.68. The molecule has 0 spiro atoms. The maximum atomic E-state index is 12.7. The number of nitrogens with one attached hydrogen (secondary N) is 1. The molecule has 2 aromatic rings. The summed E-state index contributed by atoms with van der Waals surface area (Å²) in [6.07, 6.45) is -3.58. The maximum Gasteiger partial charge on any atom is 0.417 e. The van der Waals surface area contributed by atoms with Crippen LogP contribution >= 0.6 is 0 Å². The van der Waals surface area contributed by atoms with Crippen LogP contribution in [0.1, 0.15) is 17.2 Å². The molecule has 1 aliphatic rings. The number of carbonyl (C=O) groups is 1. The first-order valence-electron chi connectivity index (χ1n) is 8.41. The number of rotatable bonds is 4. The van der Waals surface area contributed by atoms with Crippen molar-refractivity contribution in [3.8, 4) is 0 Å². The SMILES string of the molecule is O=C(NO)C(c1ccccc1)N1CCN(c2ccc(C(F)(F)F)cn2)CC1. The molecule has 1 fully saturated rings. The number of hydrogen-bond donors (Lipinski definition) is 2. The molecule has 0 aliphatic carbocycles. The number of alkyl halides is 3. The molecule has 3 rings (SSSR count). The first kappa shape index (κ1) is 19.1. The van der Waals surface area contributed by atoms with Gasteiger partial charge in [0.2, 0.25) is 0 Å². The summed E-state index contributed by atoms with van der Waals surface area (Å²) in [4.78, 5) is 19.9. The van der Waals surface area contributed by atoms with E-state index in [4.69, 9.17) is 5.21 Å². The Morgan fingerprint density at radius 3 is 2.26 bits per heavy atom. The van der Waals surface area contributed by atoms with Gasteiger partial charge >= 0.3 is 6.18 Å². The van der Waals surface area contributed by atoms with Gasteiger partial charge in [0.1, 0.15) is 11.9 Å². The Kier molecular flexibility index (Phi) is 5.62. The Labute approximate surface area is 154 Å². The maximum absolute atomic E-state index is 12.7. The monoisotopic (exact) mass is 380 g/mol. The van der Waals surface area contributed by atoms with Crippen LogP contribution in [-0.2, 0) is 11.0 Å². The van der Waals surface area contributed by atoms with Crippen LogP contribution < -0.4 is 10.4 Å². The summed E-state index contributed by atoms with van der Waals surface area (Å²) in [7, 11) is 0. The summed E-state index contributed by atoms with van der Waals surface area (Å²) in [5.74, 6) is -0.0622. The molecule has 1 saturated heterocycles. The van der Waals surface area contributed by atoms with E-state index in [0.29, 0.717) is 32.0 Å². The van der Waals surface area contributed by atoms with Crippen LogP contribution in [0.2, 0.25) is 0 Å². The number of hydrogen-bond acceptors (Lipinski definition) is 5. The average molecular weight is 380 g/mol. The Morgan fingerprint density at radius 2 is 1.74 bits per heavy atom. The van der Waals surface area contributed by atoms with Crippen molar-refractivity contribution in [3.05, 3.63) is 59.8 Å². The Hall–Kier alpha value is -2.65. The molecule has 0 radical (unpaired) electrons. The first-order chi connectivity index (χ1) is 12.9. The number of nitrogens with zero attached hydrogens (tertiary/aromatic N) is 3. The molecule has 144 valence electrons. The number of carbonyl (C=O) groups excluding carboxylic acids is 1. The zero-order valence-electron chi connectivity index (χ0n) is 14.4. The third-order valence-electron chi connectivity index (χ3n) is 4.55. The largest absolute Gasteiger partial charge is 0.417 e. The lowest BCUT2D eigenvalue weighted by atomic mass is 10.0. The van der Waals surface area contributed by atoms with Gasteiger partial charge in [-0.3, -0.25) is 14.9 Å². The highest BCUT2D eigenvalue weighted by molar-refractivity contribution is 5.82. The summed E-state index contributed by atoms with van der Waals surface area (Å²) in [5, 5.41) is 9.08. The first-order valence-corrected chi connectivity index (χ1v) is 8.41. The van der Waals surface area contributed by atoms with Crippen LogP contribution in [0, 0.1) is 0 Å². The molecule has 2 N–H and O–H groups in total. The highest BCUT2D eigenvalue weighted by Crippen LogP contribution is 2.30. The van der Waals surface area contributed by atoms with Crippen molar-refractivity contribution in [3.63, 3.8) is 0 Å². The van der Waals surface area contributed by atoms with Crippen molar-refractivity contribution in [1.29, 1.82) is 0 Å². The van der Waals surface area contributed by atoms with E-state index in [0.717, 1.165) is 17.8 Å². The van der Waals surface area contributed by atoms with Crippen molar-refractivity contribution >= 4 is 11.7 Å². The zero-order chi connectivity index (χ0) is 19.4. The smallest absolute Gasteiger partial charge is 0.354 e. The number of piperazine rings is 1. The second-order valence-electron chi connectivity index (χ2n) is 6.22. The number of pyridine rings is 1. The van der Waals surface area contributed by atoms with E-state index in [9.17, 15) is 18.0 Å². The highest BCUT2D eigenvalue weighted by Gasteiger charge is 2.32. The second-order valence-corrected chi connectivity index (χ2v) is 6.22. The van der Waals surface area contributed by atoms with E-state index in [1.807, 2.05) is 40.1 Å². The lowest BCUT2D eigenvalue weighted by Gasteiger charge is -2.39. The molecule has 1 amide bonds. The average Bonchev–Trinajstić information content (AvgIpc) is 2.69. The Balaban J connectivity index is 1.69. The number of benzene rings is 1. The van der Waals surface area contributed by atoms with Crippen LogP contribution in [-0.4, -0.2) is 47.2 Å². The molecular weight excluding hydrogens is 361 g/mol. The van der Waals surface area contributed by atoms with E-state index in [2.05, 4.69) is 4.98 Å². The third kappa shape index (κ3) is 4.37. The van der Waals surface area contributed by atoms with Crippen molar-refractivity contribution in [2.24, 2.45) is 0 Å². The molecule has 2 heterocycles. The molecule has 0 bridgehead atoms. The lowest BCUT2D eigenvalue weighted by Crippen LogP contribution is -2.51. The van der Waals surface area contributed by atoms with Gasteiger partial charge in [-0.25, -0.2) is 10.5 Å². The Bertz CT molecular complexity index is 760. The molecule has 1 aromatic heterocycles. The molecular formula is C18H19F3N4O2. The minimum atomic E-state index is -4.41. The quantitative estimate of drug-likeness (QED) is 0.630. The number of aromatic nitrogens is 1. The fraction of sp³-hybridized carbons (Fsp3) is 0.333. The van der Waals surface area contributed by atoms with Gasteiger partial charge in [-0.05, 0) is 17.7 Å². The third-order valence-corrected chi connectivity index (χ3v) is 4.55.